The van der Waals surface area contributed by atoms with Gasteiger partial charge in [-0.05, 0) is 50.7 Å². The zero-order valence-electron chi connectivity index (χ0n) is 5.77. The number of benzene rings is 1. The molecule has 2 N–H and O–H groups in total. The van der Waals surface area contributed by atoms with Crippen LogP contribution >= 0.6 is 38.5 Å². The normalized spacial score (nSPS) is 9.92. The Morgan fingerprint density at radius 3 is 2.67 bits per heavy atom. The lowest BCUT2D eigenvalue weighted by Gasteiger charge is -2.01. The predicted octanol–water partition coefficient (Wildman–Crippen LogP) is 2.29. The van der Waals surface area contributed by atoms with Crippen LogP contribution < -0.4 is 5.73 Å². The van der Waals surface area contributed by atoms with Crippen LogP contribution in [0.1, 0.15) is 10.4 Å². The van der Waals surface area contributed by atoms with Crippen LogP contribution in [0, 0.1) is 9.39 Å². The summed E-state index contributed by atoms with van der Waals surface area (Å²) >= 11 is 4.95. The van der Waals surface area contributed by atoms with Crippen molar-refractivity contribution in [2.45, 2.75) is 0 Å². The summed E-state index contributed by atoms with van der Waals surface area (Å²) in [5, 5.41) is 0. The molecule has 1 aromatic rings. The molecule has 0 unspecified atom stereocenters. The topological polar surface area (TPSA) is 43.1 Å². The molecule has 1 rings (SSSR count). The Balaban J connectivity index is 3.37. The first-order valence-corrected chi connectivity index (χ1v) is 4.84. The third-order valence-electron chi connectivity index (χ3n) is 1.26. The summed E-state index contributed by atoms with van der Waals surface area (Å²) in [7, 11) is 0. The maximum atomic E-state index is 13.1. The number of hydrogen-bond donors (Lipinski definition) is 1. The van der Waals surface area contributed by atoms with Gasteiger partial charge in [0.2, 0.25) is 0 Å². The van der Waals surface area contributed by atoms with E-state index in [1.54, 1.807) is 6.07 Å². The zero-order chi connectivity index (χ0) is 9.30. The molecule has 0 saturated heterocycles. The SMILES string of the molecule is NC(=O)c1cc(I)cc(Br)c1F. The van der Waals surface area contributed by atoms with Crippen molar-refractivity contribution in [3.05, 3.63) is 31.6 Å². The van der Waals surface area contributed by atoms with Crippen LogP contribution in [-0.2, 0) is 0 Å². The Labute approximate surface area is 90.6 Å². The van der Waals surface area contributed by atoms with Gasteiger partial charge in [-0.15, -0.1) is 0 Å². The molecule has 0 aliphatic carbocycles. The summed E-state index contributed by atoms with van der Waals surface area (Å²) < 4.78 is 14.1. The molecule has 0 aliphatic rings. The summed E-state index contributed by atoms with van der Waals surface area (Å²) in [6, 6.07) is 2.98. The second-order valence-corrected chi connectivity index (χ2v) is 4.21. The zero-order valence-corrected chi connectivity index (χ0v) is 9.52. The Morgan fingerprint density at radius 1 is 1.58 bits per heavy atom. The Kier molecular flexibility index (Phi) is 3.05. The molecule has 0 fully saturated rings. The van der Waals surface area contributed by atoms with Crippen LogP contribution in [0.25, 0.3) is 0 Å². The smallest absolute Gasteiger partial charge is 0.251 e. The lowest BCUT2D eigenvalue weighted by molar-refractivity contribution is 0.0996. The molecule has 0 atom stereocenters. The first-order chi connectivity index (χ1) is 5.52. The number of carbonyl (C=O) groups excluding carboxylic acids is 1. The first kappa shape index (κ1) is 9.91. The van der Waals surface area contributed by atoms with E-state index in [4.69, 9.17) is 5.73 Å². The Morgan fingerprint density at radius 2 is 2.17 bits per heavy atom. The van der Waals surface area contributed by atoms with Crippen LogP contribution in [0.3, 0.4) is 0 Å². The van der Waals surface area contributed by atoms with Crippen LogP contribution in [-0.4, -0.2) is 5.91 Å². The summed E-state index contributed by atoms with van der Waals surface area (Å²) in [5.74, 6) is -1.37. The number of amides is 1. The van der Waals surface area contributed by atoms with E-state index >= 15 is 0 Å². The molecule has 0 saturated carbocycles. The third-order valence-corrected chi connectivity index (χ3v) is 2.46. The van der Waals surface area contributed by atoms with Crippen LogP contribution in [0.15, 0.2) is 16.6 Å². The molecule has 0 aliphatic heterocycles. The van der Waals surface area contributed by atoms with E-state index < -0.39 is 11.7 Å². The quantitative estimate of drug-likeness (QED) is 0.617. The van der Waals surface area contributed by atoms with Gasteiger partial charge in [0.15, 0.2) is 0 Å². The maximum absolute atomic E-state index is 13.1. The van der Waals surface area contributed by atoms with E-state index in [1.807, 2.05) is 22.6 Å². The highest BCUT2D eigenvalue weighted by atomic mass is 127. The number of carbonyl (C=O) groups is 1. The molecule has 0 radical (unpaired) electrons. The molecule has 0 heterocycles. The van der Waals surface area contributed by atoms with Gasteiger partial charge < -0.3 is 5.73 Å². The van der Waals surface area contributed by atoms with Crippen molar-refractivity contribution in [2.75, 3.05) is 0 Å². The lowest BCUT2D eigenvalue weighted by atomic mass is 10.2. The molecule has 5 heteroatoms. The molecule has 2 nitrogen and oxygen atoms in total. The van der Waals surface area contributed by atoms with Crippen LogP contribution in [0.2, 0.25) is 0 Å². The summed E-state index contributed by atoms with van der Waals surface area (Å²) in [6.07, 6.45) is 0. The monoisotopic (exact) mass is 343 g/mol. The van der Waals surface area contributed by atoms with Crippen LogP contribution in [0.4, 0.5) is 4.39 Å². The fraction of sp³-hybridized carbons (Fsp3) is 0. The first-order valence-electron chi connectivity index (χ1n) is 2.96. The molecule has 1 amide bonds. The Bertz CT molecular complexity index is 342. The van der Waals surface area contributed by atoms with Gasteiger partial charge in [-0.1, -0.05) is 0 Å². The van der Waals surface area contributed by atoms with Gasteiger partial charge in [0.05, 0.1) is 10.0 Å². The second kappa shape index (κ2) is 3.69. The molecular weight excluding hydrogens is 340 g/mol. The van der Waals surface area contributed by atoms with E-state index in [9.17, 15) is 9.18 Å². The van der Waals surface area contributed by atoms with E-state index in [0.29, 0.717) is 0 Å². The molecular formula is C7H4BrFINO. The molecule has 0 aromatic heterocycles. The molecule has 64 valence electrons. The minimum Gasteiger partial charge on any atom is -0.366 e. The van der Waals surface area contributed by atoms with Crippen molar-refractivity contribution in [1.82, 2.24) is 0 Å². The molecule has 1 aromatic carbocycles. The highest BCUT2D eigenvalue weighted by Crippen LogP contribution is 2.21. The van der Waals surface area contributed by atoms with Crippen LogP contribution in [0.5, 0.6) is 0 Å². The van der Waals surface area contributed by atoms with Gasteiger partial charge in [-0.2, -0.15) is 0 Å². The molecule has 12 heavy (non-hydrogen) atoms. The third kappa shape index (κ3) is 1.95. The average molecular weight is 344 g/mol. The van der Waals surface area contributed by atoms with Crippen molar-refractivity contribution in [3.63, 3.8) is 0 Å². The number of nitrogens with two attached hydrogens (primary N) is 1. The van der Waals surface area contributed by atoms with Crippen molar-refractivity contribution in [2.24, 2.45) is 5.73 Å². The highest BCUT2D eigenvalue weighted by Gasteiger charge is 2.11. The van der Waals surface area contributed by atoms with E-state index in [-0.39, 0.29) is 10.0 Å². The maximum Gasteiger partial charge on any atom is 0.251 e. The lowest BCUT2D eigenvalue weighted by Crippen LogP contribution is -2.13. The van der Waals surface area contributed by atoms with Crippen molar-refractivity contribution in [3.8, 4) is 0 Å². The fourth-order valence-corrected chi connectivity index (χ4v) is 2.25. The summed E-state index contributed by atoms with van der Waals surface area (Å²) in [5.41, 5.74) is 4.86. The Hall–Kier alpha value is -0.170. The molecule has 0 spiro atoms. The number of halogens is 3. The minimum atomic E-state index is -0.758. The van der Waals surface area contributed by atoms with Gasteiger partial charge in [-0.3, -0.25) is 4.79 Å². The van der Waals surface area contributed by atoms with E-state index in [0.717, 1.165) is 3.57 Å². The largest absolute Gasteiger partial charge is 0.366 e. The molecule has 0 bridgehead atoms. The summed E-state index contributed by atoms with van der Waals surface area (Å²) in [4.78, 5) is 10.7. The standard InChI is InChI=1S/C7H4BrFINO/c8-5-2-3(10)1-4(6(5)9)7(11)12/h1-2H,(H2,11,12). The van der Waals surface area contributed by atoms with Gasteiger partial charge in [0.1, 0.15) is 5.82 Å². The highest BCUT2D eigenvalue weighted by molar-refractivity contribution is 14.1. The van der Waals surface area contributed by atoms with Crippen molar-refractivity contribution < 1.29 is 9.18 Å². The second-order valence-electron chi connectivity index (χ2n) is 2.11. The summed E-state index contributed by atoms with van der Waals surface area (Å²) in [6.45, 7) is 0. The van der Waals surface area contributed by atoms with Gasteiger partial charge in [0, 0.05) is 3.57 Å². The number of hydrogen-bond acceptors (Lipinski definition) is 1. The van der Waals surface area contributed by atoms with E-state index in [2.05, 4.69) is 15.9 Å². The number of primary amides is 1. The van der Waals surface area contributed by atoms with Gasteiger partial charge in [0.25, 0.3) is 5.91 Å². The van der Waals surface area contributed by atoms with Gasteiger partial charge in [-0.25, -0.2) is 4.39 Å². The minimum absolute atomic E-state index is 0.0891. The van der Waals surface area contributed by atoms with Crippen molar-refractivity contribution in [1.29, 1.82) is 0 Å². The van der Waals surface area contributed by atoms with Gasteiger partial charge >= 0.3 is 0 Å². The number of rotatable bonds is 1. The average Bonchev–Trinajstić information content (AvgIpc) is 1.96. The fourth-order valence-electron chi connectivity index (χ4n) is 0.735. The van der Waals surface area contributed by atoms with Crippen molar-refractivity contribution >= 4 is 44.4 Å². The predicted molar refractivity (Wildman–Crippen MR) is 55.3 cm³/mol. The van der Waals surface area contributed by atoms with E-state index in [1.165, 1.54) is 6.07 Å².